The second-order valence-electron chi connectivity index (χ2n) is 7.86. The molecule has 0 unspecified atom stereocenters. The zero-order chi connectivity index (χ0) is 15.8. The SMILES string of the molecule is CC1(C)CC(NCc2ccc3c(c2)OCCO3)CC(C)(C)N1. The van der Waals surface area contributed by atoms with E-state index >= 15 is 0 Å². The van der Waals surface area contributed by atoms with Crippen LogP contribution in [0.25, 0.3) is 0 Å². The fourth-order valence-electron chi connectivity index (χ4n) is 3.93. The van der Waals surface area contributed by atoms with Crippen LogP contribution in [0.15, 0.2) is 18.2 Å². The van der Waals surface area contributed by atoms with Crippen molar-refractivity contribution in [3.8, 4) is 11.5 Å². The maximum absolute atomic E-state index is 5.66. The maximum Gasteiger partial charge on any atom is 0.161 e. The van der Waals surface area contributed by atoms with Gasteiger partial charge >= 0.3 is 0 Å². The number of hydrogen-bond donors (Lipinski definition) is 2. The van der Waals surface area contributed by atoms with Gasteiger partial charge in [-0.25, -0.2) is 0 Å². The topological polar surface area (TPSA) is 42.5 Å². The van der Waals surface area contributed by atoms with Crippen LogP contribution in [0.1, 0.15) is 46.1 Å². The third kappa shape index (κ3) is 3.73. The Balaban J connectivity index is 1.62. The van der Waals surface area contributed by atoms with E-state index in [2.05, 4.69) is 50.5 Å². The van der Waals surface area contributed by atoms with Gasteiger partial charge in [-0.05, 0) is 58.2 Å². The van der Waals surface area contributed by atoms with Gasteiger partial charge in [-0.2, -0.15) is 0 Å². The number of nitrogens with one attached hydrogen (secondary N) is 2. The Morgan fingerprint density at radius 2 is 1.68 bits per heavy atom. The molecule has 1 fully saturated rings. The molecule has 1 aromatic rings. The fraction of sp³-hybridized carbons (Fsp3) is 0.667. The van der Waals surface area contributed by atoms with Gasteiger partial charge in [-0.3, -0.25) is 0 Å². The van der Waals surface area contributed by atoms with E-state index in [1.165, 1.54) is 5.56 Å². The highest BCUT2D eigenvalue weighted by molar-refractivity contribution is 5.43. The van der Waals surface area contributed by atoms with Gasteiger partial charge < -0.3 is 20.1 Å². The third-order valence-corrected chi connectivity index (χ3v) is 4.39. The summed E-state index contributed by atoms with van der Waals surface area (Å²) in [5, 5.41) is 7.44. The lowest BCUT2D eigenvalue weighted by Gasteiger charge is -2.46. The maximum atomic E-state index is 5.66. The van der Waals surface area contributed by atoms with E-state index < -0.39 is 0 Å². The van der Waals surface area contributed by atoms with Gasteiger partial charge in [0.15, 0.2) is 11.5 Å². The summed E-state index contributed by atoms with van der Waals surface area (Å²) in [7, 11) is 0. The zero-order valence-electron chi connectivity index (χ0n) is 14.2. The molecule has 0 bridgehead atoms. The third-order valence-electron chi connectivity index (χ3n) is 4.39. The summed E-state index contributed by atoms with van der Waals surface area (Å²) in [4.78, 5) is 0. The Hall–Kier alpha value is -1.26. The molecule has 2 aliphatic rings. The molecule has 4 nitrogen and oxygen atoms in total. The first kappa shape index (κ1) is 15.6. The first-order valence-electron chi connectivity index (χ1n) is 8.24. The smallest absolute Gasteiger partial charge is 0.161 e. The molecular formula is C18H28N2O2. The van der Waals surface area contributed by atoms with Crippen LogP contribution in [0.2, 0.25) is 0 Å². The van der Waals surface area contributed by atoms with Gasteiger partial charge in [0.2, 0.25) is 0 Å². The van der Waals surface area contributed by atoms with E-state index in [0.717, 1.165) is 30.9 Å². The van der Waals surface area contributed by atoms with E-state index in [0.29, 0.717) is 19.3 Å². The Bertz CT molecular complexity index is 524. The fourth-order valence-corrected chi connectivity index (χ4v) is 3.93. The van der Waals surface area contributed by atoms with Crippen LogP contribution < -0.4 is 20.1 Å². The molecule has 2 heterocycles. The predicted molar refractivity (Wildman–Crippen MR) is 88.6 cm³/mol. The van der Waals surface area contributed by atoms with Crippen LogP contribution in [0.4, 0.5) is 0 Å². The summed E-state index contributed by atoms with van der Waals surface area (Å²) in [6, 6.07) is 6.76. The molecule has 3 rings (SSSR count). The van der Waals surface area contributed by atoms with E-state index in [1.807, 2.05) is 6.07 Å². The highest BCUT2D eigenvalue weighted by atomic mass is 16.6. The second kappa shape index (κ2) is 5.74. The van der Waals surface area contributed by atoms with Crippen molar-refractivity contribution in [2.45, 2.75) is 64.2 Å². The van der Waals surface area contributed by atoms with E-state index in [9.17, 15) is 0 Å². The number of piperidine rings is 1. The van der Waals surface area contributed by atoms with Crippen molar-refractivity contribution in [1.82, 2.24) is 10.6 Å². The van der Waals surface area contributed by atoms with Gasteiger partial charge in [0.05, 0.1) is 0 Å². The molecule has 0 radical (unpaired) electrons. The number of hydrogen-bond acceptors (Lipinski definition) is 4. The van der Waals surface area contributed by atoms with Gasteiger partial charge in [-0.1, -0.05) is 6.07 Å². The molecule has 1 aromatic carbocycles. The standard InChI is InChI=1S/C18H28N2O2/c1-17(2)10-14(11-18(3,4)20-17)19-12-13-5-6-15-16(9-13)22-8-7-21-15/h5-6,9,14,19-20H,7-8,10-12H2,1-4H3. The van der Waals surface area contributed by atoms with Gasteiger partial charge in [0, 0.05) is 23.7 Å². The highest BCUT2D eigenvalue weighted by Crippen LogP contribution is 2.31. The lowest BCUT2D eigenvalue weighted by molar-refractivity contribution is 0.145. The van der Waals surface area contributed by atoms with Crippen molar-refractivity contribution in [2.24, 2.45) is 0 Å². The Labute approximate surface area is 133 Å². The van der Waals surface area contributed by atoms with Crippen LogP contribution in [-0.4, -0.2) is 30.3 Å². The average molecular weight is 304 g/mol. The molecule has 0 amide bonds. The molecule has 122 valence electrons. The predicted octanol–water partition coefficient (Wildman–Crippen LogP) is 2.86. The molecular weight excluding hydrogens is 276 g/mol. The molecule has 0 spiro atoms. The van der Waals surface area contributed by atoms with Gasteiger partial charge in [-0.15, -0.1) is 0 Å². The lowest BCUT2D eigenvalue weighted by Crippen LogP contribution is -2.61. The van der Waals surface area contributed by atoms with Crippen molar-refractivity contribution in [1.29, 1.82) is 0 Å². The van der Waals surface area contributed by atoms with Crippen molar-refractivity contribution in [3.63, 3.8) is 0 Å². The summed E-state index contributed by atoms with van der Waals surface area (Å²) in [5.74, 6) is 1.73. The van der Waals surface area contributed by atoms with Crippen molar-refractivity contribution in [2.75, 3.05) is 13.2 Å². The molecule has 0 aromatic heterocycles. The van der Waals surface area contributed by atoms with Gasteiger partial charge in [0.25, 0.3) is 0 Å². The van der Waals surface area contributed by atoms with E-state index in [4.69, 9.17) is 9.47 Å². The van der Waals surface area contributed by atoms with Crippen molar-refractivity contribution >= 4 is 0 Å². The van der Waals surface area contributed by atoms with Crippen LogP contribution in [0, 0.1) is 0 Å². The second-order valence-corrected chi connectivity index (χ2v) is 7.86. The number of ether oxygens (including phenoxy) is 2. The minimum Gasteiger partial charge on any atom is -0.486 e. The monoisotopic (exact) mass is 304 g/mol. The summed E-state index contributed by atoms with van der Waals surface area (Å²) in [5.41, 5.74) is 1.59. The number of fused-ring (bicyclic) bond motifs is 1. The summed E-state index contributed by atoms with van der Waals surface area (Å²) < 4.78 is 11.2. The lowest BCUT2D eigenvalue weighted by atomic mass is 9.79. The van der Waals surface area contributed by atoms with Crippen LogP contribution >= 0.6 is 0 Å². The molecule has 0 atom stereocenters. The molecule has 0 saturated carbocycles. The molecule has 2 aliphatic heterocycles. The van der Waals surface area contributed by atoms with Crippen LogP contribution in [0.5, 0.6) is 11.5 Å². The molecule has 22 heavy (non-hydrogen) atoms. The Morgan fingerprint density at radius 3 is 2.36 bits per heavy atom. The minimum absolute atomic E-state index is 0.173. The van der Waals surface area contributed by atoms with E-state index in [-0.39, 0.29) is 11.1 Å². The van der Waals surface area contributed by atoms with Crippen molar-refractivity contribution < 1.29 is 9.47 Å². The summed E-state index contributed by atoms with van der Waals surface area (Å²) in [6.45, 7) is 11.3. The molecule has 1 saturated heterocycles. The quantitative estimate of drug-likeness (QED) is 0.901. The highest BCUT2D eigenvalue weighted by Gasteiger charge is 2.37. The normalized spacial score (nSPS) is 23.3. The summed E-state index contributed by atoms with van der Waals surface area (Å²) >= 11 is 0. The first-order valence-corrected chi connectivity index (χ1v) is 8.24. The first-order chi connectivity index (χ1) is 10.3. The van der Waals surface area contributed by atoms with E-state index in [1.54, 1.807) is 0 Å². The summed E-state index contributed by atoms with van der Waals surface area (Å²) in [6.07, 6.45) is 2.28. The number of benzene rings is 1. The van der Waals surface area contributed by atoms with Crippen LogP contribution in [0.3, 0.4) is 0 Å². The van der Waals surface area contributed by atoms with Crippen molar-refractivity contribution in [3.05, 3.63) is 23.8 Å². The molecule has 4 heteroatoms. The minimum atomic E-state index is 0.173. The Morgan fingerprint density at radius 1 is 1.05 bits per heavy atom. The largest absolute Gasteiger partial charge is 0.486 e. The molecule has 0 aliphatic carbocycles. The van der Waals surface area contributed by atoms with Gasteiger partial charge in [0.1, 0.15) is 13.2 Å². The molecule has 2 N–H and O–H groups in total. The van der Waals surface area contributed by atoms with Crippen LogP contribution in [-0.2, 0) is 6.54 Å². The zero-order valence-corrected chi connectivity index (χ0v) is 14.2. The average Bonchev–Trinajstić information content (AvgIpc) is 2.41. The number of rotatable bonds is 3. The Kier molecular flexibility index (Phi) is 4.08.